The maximum absolute atomic E-state index is 13.5. The first-order valence-electron chi connectivity index (χ1n) is 11.6. The Labute approximate surface area is 208 Å². The van der Waals surface area contributed by atoms with Gasteiger partial charge in [-0.25, -0.2) is 17.4 Å². The Hall–Kier alpha value is -4.25. The zero-order chi connectivity index (χ0) is 24.9. The molecule has 0 bridgehead atoms. The Bertz CT molecular complexity index is 1690. The van der Waals surface area contributed by atoms with E-state index in [0.29, 0.717) is 17.0 Å². The molecule has 182 valence electrons. The van der Waals surface area contributed by atoms with Gasteiger partial charge in [0.05, 0.1) is 22.8 Å². The van der Waals surface area contributed by atoms with E-state index in [9.17, 15) is 8.42 Å². The number of benzene rings is 2. The van der Waals surface area contributed by atoms with Crippen LogP contribution in [0.25, 0.3) is 11.2 Å². The van der Waals surface area contributed by atoms with Crippen molar-refractivity contribution >= 4 is 38.6 Å². The molecule has 0 amide bonds. The van der Waals surface area contributed by atoms with Gasteiger partial charge in [-0.05, 0) is 43.0 Å². The van der Waals surface area contributed by atoms with Gasteiger partial charge >= 0.3 is 0 Å². The second kappa shape index (κ2) is 8.45. The molecule has 3 heterocycles. The molecule has 36 heavy (non-hydrogen) atoms. The number of imidazole rings is 1. The van der Waals surface area contributed by atoms with E-state index in [1.807, 2.05) is 26.1 Å². The highest BCUT2D eigenvalue weighted by Gasteiger charge is 2.27. The third-order valence-electron chi connectivity index (χ3n) is 6.35. The van der Waals surface area contributed by atoms with Crippen molar-refractivity contribution in [3.8, 4) is 0 Å². The van der Waals surface area contributed by atoms with Crippen molar-refractivity contribution in [2.45, 2.75) is 30.7 Å². The van der Waals surface area contributed by atoms with Crippen LogP contribution in [0.5, 0.6) is 0 Å². The lowest BCUT2D eigenvalue weighted by Gasteiger charge is -2.16. The van der Waals surface area contributed by atoms with Crippen LogP contribution in [0.4, 0.5) is 17.5 Å². The molecule has 11 heteroatoms. The SMILES string of the molecule is Cc1ccc(S(=O)(=O)n2cnc3c(N[C@H]4CCc5ccccc54)nc(Nc4cnn(C)c4)nc32)cc1. The molecule has 10 nitrogen and oxygen atoms in total. The van der Waals surface area contributed by atoms with Crippen LogP contribution in [0.1, 0.15) is 29.2 Å². The fourth-order valence-corrected chi connectivity index (χ4v) is 5.76. The Morgan fingerprint density at radius 2 is 1.86 bits per heavy atom. The lowest BCUT2D eigenvalue weighted by molar-refractivity contribution is 0.588. The van der Waals surface area contributed by atoms with Crippen LogP contribution >= 0.6 is 0 Å². The van der Waals surface area contributed by atoms with Gasteiger partial charge in [0.1, 0.15) is 6.33 Å². The van der Waals surface area contributed by atoms with Gasteiger partial charge in [-0.15, -0.1) is 0 Å². The largest absolute Gasteiger partial charge is 0.361 e. The quantitative estimate of drug-likeness (QED) is 0.360. The molecule has 5 aromatic rings. The molecule has 0 aliphatic heterocycles. The molecule has 0 fully saturated rings. The number of nitrogens with one attached hydrogen (secondary N) is 2. The van der Waals surface area contributed by atoms with Gasteiger partial charge in [-0.2, -0.15) is 15.1 Å². The van der Waals surface area contributed by atoms with Crippen LogP contribution in [0.2, 0.25) is 0 Å². The number of nitrogens with zero attached hydrogens (tertiary/aromatic N) is 6. The van der Waals surface area contributed by atoms with Gasteiger partial charge in [0.15, 0.2) is 17.0 Å². The molecule has 0 unspecified atom stereocenters. The van der Waals surface area contributed by atoms with Crippen molar-refractivity contribution in [1.29, 1.82) is 0 Å². The minimum absolute atomic E-state index is 0.0318. The van der Waals surface area contributed by atoms with Gasteiger partial charge < -0.3 is 10.6 Å². The molecule has 0 saturated heterocycles. The smallest absolute Gasteiger partial charge is 0.270 e. The highest BCUT2D eigenvalue weighted by atomic mass is 32.2. The number of anilines is 3. The topological polar surface area (TPSA) is 120 Å². The first-order chi connectivity index (χ1) is 17.4. The van der Waals surface area contributed by atoms with E-state index in [1.165, 1.54) is 17.5 Å². The standard InChI is InChI=1S/C25H24N8O2S/c1-16-7-10-19(11-8-16)36(34,35)33-15-26-22-23(29-21-12-9-17-5-3-4-6-20(17)21)30-25(31-24(22)33)28-18-13-27-32(2)14-18/h3-8,10-11,13-15,21H,9,12H2,1-2H3,(H2,28,29,30,31)/t21-/m0/s1. The number of hydrogen-bond donors (Lipinski definition) is 2. The van der Waals surface area contributed by atoms with E-state index >= 15 is 0 Å². The predicted molar refractivity (Wildman–Crippen MR) is 137 cm³/mol. The zero-order valence-electron chi connectivity index (χ0n) is 19.8. The van der Waals surface area contributed by atoms with Gasteiger partial charge in [0.25, 0.3) is 10.0 Å². The minimum Gasteiger partial charge on any atom is -0.361 e. The second-order valence-corrected chi connectivity index (χ2v) is 10.7. The average molecular weight is 501 g/mol. The van der Waals surface area contributed by atoms with E-state index in [1.54, 1.807) is 41.3 Å². The van der Waals surface area contributed by atoms with Crippen molar-refractivity contribution in [1.82, 2.24) is 28.7 Å². The van der Waals surface area contributed by atoms with E-state index in [2.05, 4.69) is 42.8 Å². The molecule has 1 aliphatic carbocycles. The second-order valence-electron chi connectivity index (χ2n) is 8.89. The number of aromatic nitrogens is 6. The Kier molecular flexibility index (Phi) is 5.22. The van der Waals surface area contributed by atoms with Gasteiger partial charge in [0, 0.05) is 13.2 Å². The number of hydrogen-bond acceptors (Lipinski definition) is 8. The van der Waals surface area contributed by atoms with E-state index in [-0.39, 0.29) is 22.5 Å². The van der Waals surface area contributed by atoms with Gasteiger partial charge in [-0.1, -0.05) is 42.0 Å². The monoisotopic (exact) mass is 500 g/mol. The summed E-state index contributed by atoms with van der Waals surface area (Å²) in [4.78, 5) is 13.8. The number of fused-ring (bicyclic) bond motifs is 2. The Morgan fingerprint density at radius 1 is 1.06 bits per heavy atom. The molecule has 0 saturated carbocycles. The van der Waals surface area contributed by atoms with E-state index in [0.717, 1.165) is 22.4 Å². The Morgan fingerprint density at radius 3 is 2.64 bits per heavy atom. The first-order valence-corrected chi connectivity index (χ1v) is 13.0. The first kappa shape index (κ1) is 22.2. The fourth-order valence-electron chi connectivity index (χ4n) is 4.52. The zero-order valence-corrected chi connectivity index (χ0v) is 20.6. The summed E-state index contributed by atoms with van der Waals surface area (Å²) >= 11 is 0. The van der Waals surface area contributed by atoms with Crippen molar-refractivity contribution in [3.63, 3.8) is 0 Å². The maximum atomic E-state index is 13.5. The van der Waals surface area contributed by atoms with Crippen LogP contribution in [-0.4, -0.2) is 37.1 Å². The van der Waals surface area contributed by atoms with E-state index in [4.69, 9.17) is 0 Å². The average Bonchev–Trinajstić information content (AvgIpc) is 3.58. The molecular weight excluding hydrogens is 476 g/mol. The molecular formula is C25H24N8O2S. The highest BCUT2D eigenvalue weighted by Crippen LogP contribution is 2.35. The normalized spacial score (nSPS) is 15.2. The van der Waals surface area contributed by atoms with Crippen LogP contribution in [0.15, 0.2) is 72.1 Å². The molecule has 3 aromatic heterocycles. The summed E-state index contributed by atoms with van der Waals surface area (Å²) < 4.78 is 29.8. The molecule has 2 aromatic carbocycles. The predicted octanol–water partition coefficient (Wildman–Crippen LogP) is 3.95. The fraction of sp³-hybridized carbons (Fsp3) is 0.200. The summed E-state index contributed by atoms with van der Waals surface area (Å²) in [7, 11) is -2.12. The summed E-state index contributed by atoms with van der Waals surface area (Å²) in [6.45, 7) is 1.91. The van der Waals surface area contributed by atoms with Crippen molar-refractivity contribution in [2.24, 2.45) is 7.05 Å². The van der Waals surface area contributed by atoms with Crippen LogP contribution in [0, 0.1) is 6.92 Å². The molecule has 1 atom stereocenters. The van der Waals surface area contributed by atoms with E-state index < -0.39 is 10.0 Å². The van der Waals surface area contributed by atoms with Crippen LogP contribution < -0.4 is 10.6 Å². The van der Waals surface area contributed by atoms with Crippen molar-refractivity contribution in [3.05, 3.63) is 83.9 Å². The number of aryl methyl sites for hydroxylation is 3. The molecule has 0 spiro atoms. The third-order valence-corrected chi connectivity index (χ3v) is 8.00. The van der Waals surface area contributed by atoms with Crippen LogP contribution in [0.3, 0.4) is 0 Å². The van der Waals surface area contributed by atoms with Gasteiger partial charge in [-0.3, -0.25) is 4.68 Å². The molecule has 2 N–H and O–H groups in total. The molecule has 1 aliphatic rings. The summed E-state index contributed by atoms with van der Waals surface area (Å²) in [5, 5.41) is 10.8. The van der Waals surface area contributed by atoms with Crippen molar-refractivity contribution < 1.29 is 8.42 Å². The minimum atomic E-state index is -3.93. The summed E-state index contributed by atoms with van der Waals surface area (Å²) in [6, 6.07) is 15.0. The summed E-state index contributed by atoms with van der Waals surface area (Å²) in [6.07, 6.45) is 6.58. The lowest BCUT2D eigenvalue weighted by Crippen LogP contribution is -2.14. The van der Waals surface area contributed by atoms with Gasteiger partial charge in [0.2, 0.25) is 5.95 Å². The van der Waals surface area contributed by atoms with Crippen LogP contribution in [-0.2, 0) is 23.5 Å². The molecule has 6 rings (SSSR count). The molecule has 0 radical (unpaired) electrons. The van der Waals surface area contributed by atoms with Crippen molar-refractivity contribution in [2.75, 3.05) is 10.6 Å². The highest BCUT2D eigenvalue weighted by molar-refractivity contribution is 7.90. The number of rotatable bonds is 6. The Balaban J connectivity index is 1.47. The maximum Gasteiger partial charge on any atom is 0.270 e. The third kappa shape index (κ3) is 3.87. The lowest BCUT2D eigenvalue weighted by atomic mass is 10.1. The summed E-state index contributed by atoms with van der Waals surface area (Å²) in [5.41, 5.74) is 4.72. The summed E-state index contributed by atoms with van der Waals surface area (Å²) in [5.74, 6) is 0.705.